The number of phenols is 1. The number of fused-ring (bicyclic) bond motifs is 1. The number of phenolic OH excluding ortho intramolecular Hbond substituents is 1. The van der Waals surface area contributed by atoms with E-state index in [1.165, 1.54) is 49.4 Å². The van der Waals surface area contributed by atoms with Crippen LogP contribution in [0.4, 0.5) is 17.1 Å². The van der Waals surface area contributed by atoms with Crippen LogP contribution in [0.1, 0.15) is 27.7 Å². The molecule has 0 heterocycles. The zero-order chi connectivity index (χ0) is 26.2. The van der Waals surface area contributed by atoms with E-state index in [2.05, 4.69) is 20.3 Å². The van der Waals surface area contributed by atoms with Crippen LogP contribution in [0.3, 0.4) is 0 Å². The molecule has 36 heavy (non-hydrogen) atoms. The van der Waals surface area contributed by atoms with Crippen LogP contribution < -0.4 is 10.0 Å². The number of carbonyl (C=O) groups excluding carboxylic acids is 1. The Labute approximate surface area is 231 Å². The molecule has 0 saturated heterocycles. The molecule has 4 N–H and O–H groups in total. The number of rotatable bonds is 6. The van der Waals surface area contributed by atoms with Gasteiger partial charge in [0, 0.05) is 17.8 Å². The fourth-order valence-corrected chi connectivity index (χ4v) is 5.41. The van der Waals surface area contributed by atoms with E-state index in [0.717, 1.165) is 6.07 Å². The van der Waals surface area contributed by atoms with Crippen LogP contribution in [-0.4, -0.2) is 67.5 Å². The number of hydrogen-bond acceptors (Lipinski definition) is 8. The standard InChI is InChI=1S/C22H24N4O7S2.Na.H/c1-13(27)23-16-10-12-19(35(31,32)33)21-17(9-11-18(28)20(16)21)25-24-14-5-7-15(8-6-14)34(29,30)26-22(2,3)4;;/h5-12,26,28H,1-4H3,(H,23,27)(H,31,32,33);;. The quantitative estimate of drug-likeness (QED) is 0.208. The second-order valence-electron chi connectivity index (χ2n) is 8.67. The van der Waals surface area contributed by atoms with E-state index >= 15 is 0 Å². The van der Waals surface area contributed by atoms with Gasteiger partial charge in [-0.3, -0.25) is 9.35 Å². The van der Waals surface area contributed by atoms with Crippen molar-refractivity contribution in [1.29, 1.82) is 0 Å². The molecule has 0 aliphatic heterocycles. The third-order valence-electron chi connectivity index (χ3n) is 4.53. The molecule has 3 aromatic rings. The zero-order valence-corrected chi connectivity index (χ0v) is 20.9. The topological polar surface area (TPSA) is 175 Å². The molecule has 0 bridgehead atoms. The van der Waals surface area contributed by atoms with Gasteiger partial charge in [-0.05, 0) is 69.3 Å². The first kappa shape index (κ1) is 29.8. The Kier molecular flexibility index (Phi) is 9.06. The third-order valence-corrected chi connectivity index (χ3v) is 7.20. The third kappa shape index (κ3) is 7.09. The molecular formula is C22H25N4NaO7S2. The summed E-state index contributed by atoms with van der Waals surface area (Å²) in [5.41, 5.74) is -0.329. The number of benzene rings is 3. The fraction of sp³-hybridized carbons (Fsp3) is 0.227. The van der Waals surface area contributed by atoms with E-state index in [0.29, 0.717) is 0 Å². The minimum absolute atomic E-state index is 0. The number of nitrogens with one attached hydrogen (secondary N) is 2. The predicted octanol–water partition coefficient (Wildman–Crippen LogP) is 3.59. The number of aromatic hydroxyl groups is 1. The molecule has 3 aromatic carbocycles. The SMILES string of the molecule is CC(=O)Nc1ccc(S(=O)(=O)O)c2c(N=Nc3ccc(S(=O)(=O)NC(C)(C)C)cc3)ccc(O)c12.[NaH]. The Hall–Kier alpha value is -2.39. The van der Waals surface area contributed by atoms with Gasteiger partial charge in [0.25, 0.3) is 10.1 Å². The van der Waals surface area contributed by atoms with Crippen molar-refractivity contribution in [1.82, 2.24) is 4.72 Å². The summed E-state index contributed by atoms with van der Waals surface area (Å²) in [6.07, 6.45) is 0. The number of sulfonamides is 1. The van der Waals surface area contributed by atoms with Gasteiger partial charge >= 0.3 is 29.6 Å². The zero-order valence-electron chi connectivity index (χ0n) is 19.3. The molecule has 0 fully saturated rings. The summed E-state index contributed by atoms with van der Waals surface area (Å²) in [7, 11) is -8.48. The first-order valence-electron chi connectivity index (χ1n) is 10.2. The number of nitrogens with zero attached hydrogens (tertiary/aromatic N) is 2. The van der Waals surface area contributed by atoms with Crippen molar-refractivity contribution in [2.24, 2.45) is 10.2 Å². The Balaban J connectivity index is 0.00000456. The van der Waals surface area contributed by atoms with Crippen LogP contribution in [0.2, 0.25) is 0 Å². The van der Waals surface area contributed by atoms with Gasteiger partial charge in [-0.25, -0.2) is 13.1 Å². The maximum absolute atomic E-state index is 12.5. The Bertz CT molecular complexity index is 1550. The first-order valence-corrected chi connectivity index (χ1v) is 13.1. The average Bonchev–Trinajstić information content (AvgIpc) is 2.70. The summed E-state index contributed by atoms with van der Waals surface area (Å²) in [5, 5.41) is 20.8. The van der Waals surface area contributed by atoms with Crippen molar-refractivity contribution in [2.45, 2.75) is 43.0 Å². The molecule has 0 aliphatic carbocycles. The van der Waals surface area contributed by atoms with Crippen molar-refractivity contribution in [3.8, 4) is 5.75 Å². The minimum atomic E-state index is -4.73. The summed E-state index contributed by atoms with van der Waals surface area (Å²) in [4.78, 5) is 11.1. The summed E-state index contributed by atoms with van der Waals surface area (Å²) in [6, 6.07) is 10.3. The van der Waals surface area contributed by atoms with Gasteiger partial charge in [-0.1, -0.05) is 0 Å². The number of amides is 1. The molecule has 0 saturated carbocycles. The molecule has 0 atom stereocenters. The number of hydrogen-bond donors (Lipinski definition) is 4. The van der Waals surface area contributed by atoms with Crippen LogP contribution in [-0.2, 0) is 24.9 Å². The summed E-state index contributed by atoms with van der Waals surface area (Å²) < 4.78 is 61.2. The van der Waals surface area contributed by atoms with Crippen LogP contribution in [0.5, 0.6) is 5.75 Å². The van der Waals surface area contributed by atoms with Crippen molar-refractivity contribution in [3.63, 3.8) is 0 Å². The summed E-state index contributed by atoms with van der Waals surface area (Å²) in [5.74, 6) is -0.817. The number of carbonyl (C=O) groups is 1. The van der Waals surface area contributed by atoms with Crippen molar-refractivity contribution in [2.75, 3.05) is 5.32 Å². The van der Waals surface area contributed by atoms with Gasteiger partial charge in [0.2, 0.25) is 15.9 Å². The predicted molar refractivity (Wildman–Crippen MR) is 138 cm³/mol. The average molecular weight is 545 g/mol. The monoisotopic (exact) mass is 544 g/mol. The van der Waals surface area contributed by atoms with Crippen LogP contribution >= 0.6 is 0 Å². The molecular weight excluding hydrogens is 519 g/mol. The van der Waals surface area contributed by atoms with E-state index in [-0.39, 0.29) is 68.0 Å². The van der Waals surface area contributed by atoms with Gasteiger partial charge in [-0.2, -0.15) is 13.5 Å². The molecule has 1 amide bonds. The van der Waals surface area contributed by atoms with Crippen molar-refractivity contribution in [3.05, 3.63) is 48.5 Å². The number of anilines is 1. The molecule has 0 radical (unpaired) electrons. The second-order valence-corrected chi connectivity index (χ2v) is 11.7. The summed E-state index contributed by atoms with van der Waals surface area (Å²) >= 11 is 0. The van der Waals surface area contributed by atoms with Crippen LogP contribution in [0, 0.1) is 0 Å². The summed E-state index contributed by atoms with van der Waals surface area (Å²) in [6.45, 7) is 6.39. The van der Waals surface area contributed by atoms with Crippen LogP contribution in [0.25, 0.3) is 10.8 Å². The molecule has 11 nitrogen and oxygen atoms in total. The molecule has 188 valence electrons. The van der Waals surface area contributed by atoms with Crippen LogP contribution in [0.15, 0.2) is 68.6 Å². The molecule has 0 aliphatic rings. The van der Waals surface area contributed by atoms with E-state index < -0.39 is 36.5 Å². The Morgan fingerprint density at radius 3 is 2.03 bits per heavy atom. The van der Waals surface area contributed by atoms with Gasteiger partial charge in [0.1, 0.15) is 10.6 Å². The molecule has 0 spiro atoms. The van der Waals surface area contributed by atoms with E-state index in [1.807, 2.05) is 0 Å². The Morgan fingerprint density at radius 1 is 0.889 bits per heavy atom. The van der Waals surface area contributed by atoms with Crippen molar-refractivity contribution >= 4 is 83.4 Å². The normalized spacial score (nSPS) is 12.5. The molecule has 0 aromatic heterocycles. The molecule has 14 heteroatoms. The molecule has 3 rings (SSSR count). The van der Waals surface area contributed by atoms with Crippen molar-refractivity contribution < 1.29 is 31.3 Å². The Morgan fingerprint density at radius 2 is 1.50 bits per heavy atom. The number of azo groups is 1. The second kappa shape index (κ2) is 10.9. The van der Waals surface area contributed by atoms with Gasteiger partial charge in [-0.15, -0.1) is 5.11 Å². The van der Waals surface area contributed by atoms with Gasteiger partial charge < -0.3 is 10.4 Å². The maximum atomic E-state index is 12.5. The fourth-order valence-electron chi connectivity index (χ4n) is 3.29. The van der Waals surface area contributed by atoms with Gasteiger partial charge in [0.15, 0.2) is 0 Å². The first-order chi connectivity index (χ1) is 16.1. The van der Waals surface area contributed by atoms with Gasteiger partial charge in [0.05, 0.1) is 27.3 Å². The van der Waals surface area contributed by atoms with E-state index in [1.54, 1.807) is 20.8 Å². The van der Waals surface area contributed by atoms with E-state index in [9.17, 15) is 31.3 Å². The van der Waals surface area contributed by atoms with E-state index in [4.69, 9.17) is 0 Å². The molecule has 0 unspecified atom stereocenters.